The molecule has 1 aliphatic rings. The van der Waals surface area contributed by atoms with Gasteiger partial charge in [-0.3, -0.25) is 14.3 Å². The Labute approximate surface area is 238 Å². The highest BCUT2D eigenvalue weighted by Crippen LogP contribution is 2.26. The van der Waals surface area contributed by atoms with E-state index < -0.39 is 11.7 Å². The van der Waals surface area contributed by atoms with E-state index in [0.717, 1.165) is 37.1 Å². The van der Waals surface area contributed by atoms with Crippen molar-refractivity contribution in [3.8, 4) is 0 Å². The summed E-state index contributed by atoms with van der Waals surface area (Å²) >= 11 is 1.52. The Morgan fingerprint density at radius 2 is 1.77 bits per heavy atom. The van der Waals surface area contributed by atoms with E-state index in [0.29, 0.717) is 35.4 Å². The largest absolute Gasteiger partial charge is 0.444 e. The Bertz CT molecular complexity index is 1500. The Hall–Kier alpha value is -3.79. The number of carbonyl (C=O) groups excluding carboxylic acids is 1. The molecule has 2 N–H and O–H groups in total. The van der Waals surface area contributed by atoms with Crippen molar-refractivity contribution >= 4 is 35.0 Å². The zero-order valence-corrected chi connectivity index (χ0v) is 24.0. The predicted octanol–water partition coefficient (Wildman–Crippen LogP) is 5.00. The number of hydrogen-bond donors (Lipinski definition) is 2. The fourth-order valence-electron chi connectivity index (χ4n) is 4.90. The molecule has 1 saturated heterocycles. The molecule has 4 aromatic rings. The molecule has 1 unspecified atom stereocenters. The number of anilines is 1. The number of thioether (sulfide) groups is 1. The third kappa shape index (κ3) is 7.04. The van der Waals surface area contributed by atoms with Gasteiger partial charge in [0, 0.05) is 24.9 Å². The van der Waals surface area contributed by atoms with Gasteiger partial charge >= 0.3 is 6.09 Å². The molecule has 3 heterocycles. The molecule has 2 aromatic carbocycles. The van der Waals surface area contributed by atoms with Crippen LogP contribution in [0.5, 0.6) is 0 Å². The van der Waals surface area contributed by atoms with Gasteiger partial charge in [0.05, 0.1) is 6.54 Å². The van der Waals surface area contributed by atoms with Gasteiger partial charge in [-0.25, -0.2) is 9.78 Å². The van der Waals surface area contributed by atoms with Gasteiger partial charge in [-0.2, -0.15) is 4.98 Å². The molecule has 5 rings (SSSR count). The van der Waals surface area contributed by atoms with Crippen LogP contribution in [0.1, 0.15) is 44.7 Å². The number of rotatable bonds is 8. The lowest BCUT2D eigenvalue weighted by Crippen LogP contribution is -2.49. The van der Waals surface area contributed by atoms with E-state index in [2.05, 4.69) is 27.3 Å². The fourth-order valence-corrected chi connectivity index (χ4v) is 5.74. The Morgan fingerprint density at radius 1 is 1.07 bits per heavy atom. The molecule has 1 amide bonds. The lowest BCUT2D eigenvalue weighted by atomic mass is 10.1. The van der Waals surface area contributed by atoms with Crippen molar-refractivity contribution in [1.29, 1.82) is 0 Å². The maximum Gasteiger partial charge on any atom is 0.407 e. The Morgan fingerprint density at radius 3 is 2.48 bits per heavy atom. The Balaban J connectivity index is 1.41. The maximum atomic E-state index is 13.4. The molecule has 0 saturated carbocycles. The molecule has 9 nitrogen and oxygen atoms in total. The van der Waals surface area contributed by atoms with Gasteiger partial charge in [-0.05, 0) is 51.2 Å². The van der Waals surface area contributed by atoms with Gasteiger partial charge < -0.3 is 15.0 Å². The number of hydrogen-bond acceptors (Lipinski definition) is 7. The summed E-state index contributed by atoms with van der Waals surface area (Å²) in [5.41, 5.74) is 2.41. The topological polar surface area (TPSA) is 105 Å². The second-order valence-electron chi connectivity index (χ2n) is 11.0. The molecule has 0 aliphatic carbocycles. The monoisotopic (exact) mass is 560 g/mol. The molecule has 1 aliphatic heterocycles. The van der Waals surface area contributed by atoms with Crippen LogP contribution in [0, 0.1) is 0 Å². The van der Waals surface area contributed by atoms with E-state index in [1.54, 1.807) is 0 Å². The SMILES string of the molecule is CC(C)(C)OC(=O)NC1CCCN(c2nc3nc(SCCc4ccccc4)[nH]c(=O)c3n2Cc2ccccc2)C1. The van der Waals surface area contributed by atoms with Gasteiger partial charge in [0.2, 0.25) is 5.95 Å². The summed E-state index contributed by atoms with van der Waals surface area (Å²) in [6, 6.07) is 20.2. The zero-order chi connectivity index (χ0) is 28.1. The number of aromatic nitrogens is 4. The van der Waals surface area contributed by atoms with Crippen molar-refractivity contribution in [2.75, 3.05) is 23.7 Å². The molecule has 10 heteroatoms. The number of amides is 1. The molecule has 1 fully saturated rings. The third-order valence-corrected chi connectivity index (χ3v) is 7.53. The quantitative estimate of drug-likeness (QED) is 0.231. The highest BCUT2D eigenvalue weighted by molar-refractivity contribution is 7.99. The van der Waals surface area contributed by atoms with Crippen molar-refractivity contribution in [2.45, 2.75) is 63.4 Å². The van der Waals surface area contributed by atoms with Crippen molar-refractivity contribution in [3.63, 3.8) is 0 Å². The van der Waals surface area contributed by atoms with Crippen molar-refractivity contribution < 1.29 is 9.53 Å². The number of imidazole rings is 1. The molecule has 0 spiro atoms. The van der Waals surface area contributed by atoms with Crippen LogP contribution < -0.4 is 15.8 Å². The number of carbonyl (C=O) groups is 1. The molecule has 1 atom stereocenters. The number of aromatic amines is 1. The van der Waals surface area contributed by atoms with Gasteiger partial charge in [0.25, 0.3) is 5.56 Å². The van der Waals surface area contributed by atoms with Crippen LogP contribution in [0.4, 0.5) is 10.7 Å². The number of benzene rings is 2. The van der Waals surface area contributed by atoms with E-state index in [9.17, 15) is 9.59 Å². The number of ether oxygens (including phenoxy) is 1. The average Bonchev–Trinajstić information content (AvgIpc) is 3.27. The molecule has 0 radical (unpaired) electrons. The van der Waals surface area contributed by atoms with E-state index in [1.807, 2.05) is 73.9 Å². The number of H-pyrrole nitrogens is 1. The minimum atomic E-state index is -0.564. The first kappa shape index (κ1) is 27.8. The van der Waals surface area contributed by atoms with Crippen LogP contribution in [0.2, 0.25) is 0 Å². The number of nitrogens with one attached hydrogen (secondary N) is 2. The van der Waals surface area contributed by atoms with Crippen LogP contribution in [0.25, 0.3) is 11.2 Å². The number of fused-ring (bicyclic) bond motifs is 1. The van der Waals surface area contributed by atoms with Crippen molar-refractivity contribution in [3.05, 3.63) is 82.1 Å². The summed E-state index contributed by atoms with van der Waals surface area (Å²) in [6.07, 6.45) is 2.17. The van der Waals surface area contributed by atoms with Gasteiger partial charge in [-0.15, -0.1) is 0 Å². The second kappa shape index (κ2) is 12.2. The van der Waals surface area contributed by atoms with Gasteiger partial charge in [0.15, 0.2) is 16.3 Å². The highest BCUT2D eigenvalue weighted by atomic mass is 32.2. The molecule has 2 aromatic heterocycles. The molecule has 40 heavy (non-hydrogen) atoms. The lowest BCUT2D eigenvalue weighted by molar-refractivity contribution is 0.0499. The van der Waals surface area contributed by atoms with E-state index >= 15 is 0 Å². The average molecular weight is 561 g/mol. The van der Waals surface area contributed by atoms with Gasteiger partial charge in [0.1, 0.15) is 5.60 Å². The zero-order valence-electron chi connectivity index (χ0n) is 23.2. The van der Waals surface area contributed by atoms with Crippen LogP contribution in [-0.4, -0.2) is 56.1 Å². The van der Waals surface area contributed by atoms with Crippen LogP contribution in [0.3, 0.4) is 0 Å². The first-order chi connectivity index (χ1) is 19.2. The minimum absolute atomic E-state index is 0.0936. The molecular formula is C30H36N6O3S. The Kier molecular flexibility index (Phi) is 8.44. The summed E-state index contributed by atoms with van der Waals surface area (Å²) in [7, 11) is 0. The smallest absolute Gasteiger partial charge is 0.407 e. The summed E-state index contributed by atoms with van der Waals surface area (Å²) in [5.74, 6) is 1.47. The lowest BCUT2D eigenvalue weighted by Gasteiger charge is -2.34. The van der Waals surface area contributed by atoms with Crippen molar-refractivity contribution in [1.82, 2.24) is 24.8 Å². The number of aryl methyl sites for hydroxylation is 1. The fraction of sp³-hybridized carbons (Fsp3) is 0.400. The first-order valence-electron chi connectivity index (χ1n) is 13.7. The van der Waals surface area contributed by atoms with E-state index in [1.165, 1.54) is 17.3 Å². The highest BCUT2D eigenvalue weighted by Gasteiger charge is 2.28. The third-order valence-electron chi connectivity index (χ3n) is 6.65. The standard InChI is InChI=1S/C30H36N6O3S/c1-30(2,3)39-29(38)31-23-15-10-17-35(20-23)28-33-25-24(36(28)19-22-13-8-5-9-14-22)26(37)34-27(32-25)40-18-16-21-11-6-4-7-12-21/h4-9,11-14,23H,10,15-20H2,1-3H3,(H,31,38)(H,32,34,37). The predicted molar refractivity (Wildman–Crippen MR) is 159 cm³/mol. The molecule has 210 valence electrons. The summed E-state index contributed by atoms with van der Waals surface area (Å²) in [6.45, 7) is 7.37. The van der Waals surface area contributed by atoms with Crippen LogP contribution in [0.15, 0.2) is 70.6 Å². The second-order valence-corrected chi connectivity index (χ2v) is 12.1. The number of piperidine rings is 1. The summed E-state index contributed by atoms with van der Waals surface area (Å²) in [4.78, 5) is 40.6. The summed E-state index contributed by atoms with van der Waals surface area (Å²) in [5, 5.41) is 3.57. The number of nitrogens with zero attached hydrogens (tertiary/aromatic N) is 4. The molecule has 0 bridgehead atoms. The first-order valence-corrected chi connectivity index (χ1v) is 14.7. The van der Waals surface area contributed by atoms with E-state index in [4.69, 9.17) is 14.7 Å². The number of alkyl carbamates (subject to hydrolysis) is 1. The maximum absolute atomic E-state index is 13.4. The van der Waals surface area contributed by atoms with Crippen molar-refractivity contribution in [2.24, 2.45) is 0 Å². The summed E-state index contributed by atoms with van der Waals surface area (Å²) < 4.78 is 7.42. The van der Waals surface area contributed by atoms with E-state index in [-0.39, 0.29) is 11.6 Å². The normalized spacial score (nSPS) is 15.8. The van der Waals surface area contributed by atoms with Crippen LogP contribution >= 0.6 is 11.8 Å². The minimum Gasteiger partial charge on any atom is -0.444 e. The van der Waals surface area contributed by atoms with Crippen LogP contribution in [-0.2, 0) is 17.7 Å². The van der Waals surface area contributed by atoms with Gasteiger partial charge in [-0.1, -0.05) is 72.4 Å². The molecular weight excluding hydrogens is 524 g/mol.